The van der Waals surface area contributed by atoms with Crippen molar-refractivity contribution in [3.63, 3.8) is 0 Å². The summed E-state index contributed by atoms with van der Waals surface area (Å²) in [4.78, 5) is 18.4. The smallest absolute Gasteiger partial charge is 0.220 e. The molecular formula is C19H27N3O2. The molecule has 1 aromatic heterocycles. The van der Waals surface area contributed by atoms with E-state index in [1.54, 1.807) is 6.20 Å². The lowest BCUT2D eigenvalue weighted by Crippen LogP contribution is -2.34. The molecule has 5 heteroatoms. The summed E-state index contributed by atoms with van der Waals surface area (Å²) >= 11 is 0. The molecule has 2 aromatic rings. The molecule has 1 amide bonds. The molecule has 0 aliphatic rings. The van der Waals surface area contributed by atoms with Crippen molar-refractivity contribution in [2.45, 2.75) is 33.6 Å². The van der Waals surface area contributed by atoms with Gasteiger partial charge in [-0.15, -0.1) is 0 Å². The van der Waals surface area contributed by atoms with E-state index in [1.807, 2.05) is 24.3 Å². The molecule has 0 bridgehead atoms. The minimum Gasteiger partial charge on any atom is -0.441 e. The summed E-state index contributed by atoms with van der Waals surface area (Å²) in [7, 11) is 0. The number of rotatable bonds is 9. The number of carbonyl (C=O) groups is 1. The van der Waals surface area contributed by atoms with Crippen LogP contribution in [0.5, 0.6) is 0 Å². The van der Waals surface area contributed by atoms with Crippen LogP contribution in [0.2, 0.25) is 0 Å². The quantitative estimate of drug-likeness (QED) is 0.768. The first kappa shape index (κ1) is 18.2. The SMILES string of the molecule is CCN(CC)CCNC(=O)CCc1ncc(-c2ccc(C)cc2)o1. The van der Waals surface area contributed by atoms with Crippen molar-refractivity contribution in [3.05, 3.63) is 41.9 Å². The molecule has 5 nitrogen and oxygen atoms in total. The Morgan fingerprint density at radius 2 is 1.92 bits per heavy atom. The van der Waals surface area contributed by atoms with Gasteiger partial charge in [-0.25, -0.2) is 4.98 Å². The maximum Gasteiger partial charge on any atom is 0.220 e. The second kappa shape index (κ2) is 9.23. The van der Waals surface area contributed by atoms with Gasteiger partial charge < -0.3 is 14.6 Å². The Bertz CT molecular complexity index is 630. The van der Waals surface area contributed by atoms with E-state index >= 15 is 0 Å². The number of hydrogen-bond acceptors (Lipinski definition) is 4. The third-order valence-corrected chi connectivity index (χ3v) is 4.10. The van der Waals surface area contributed by atoms with Crippen LogP contribution in [0.1, 0.15) is 31.7 Å². The number of benzene rings is 1. The van der Waals surface area contributed by atoms with Crippen LogP contribution in [-0.4, -0.2) is 42.0 Å². The Morgan fingerprint density at radius 1 is 1.21 bits per heavy atom. The van der Waals surface area contributed by atoms with Gasteiger partial charge in [-0.05, 0) is 20.0 Å². The van der Waals surface area contributed by atoms with Crippen molar-refractivity contribution in [1.29, 1.82) is 0 Å². The molecule has 0 unspecified atom stereocenters. The summed E-state index contributed by atoms with van der Waals surface area (Å²) in [6.45, 7) is 9.87. The average molecular weight is 329 g/mol. The molecule has 0 radical (unpaired) electrons. The lowest BCUT2D eigenvalue weighted by atomic mass is 10.1. The van der Waals surface area contributed by atoms with Crippen LogP contribution in [0.3, 0.4) is 0 Å². The van der Waals surface area contributed by atoms with Crippen LogP contribution >= 0.6 is 0 Å². The lowest BCUT2D eigenvalue weighted by Gasteiger charge is -2.17. The number of likely N-dealkylation sites (N-methyl/N-ethyl adjacent to an activating group) is 1. The molecule has 1 N–H and O–H groups in total. The van der Waals surface area contributed by atoms with Crippen LogP contribution < -0.4 is 5.32 Å². The fourth-order valence-electron chi connectivity index (χ4n) is 2.48. The van der Waals surface area contributed by atoms with Crippen molar-refractivity contribution in [1.82, 2.24) is 15.2 Å². The van der Waals surface area contributed by atoms with E-state index in [4.69, 9.17) is 4.42 Å². The van der Waals surface area contributed by atoms with Gasteiger partial charge in [-0.2, -0.15) is 0 Å². The molecule has 2 rings (SSSR count). The van der Waals surface area contributed by atoms with E-state index in [0.717, 1.165) is 31.0 Å². The summed E-state index contributed by atoms with van der Waals surface area (Å²) in [6, 6.07) is 8.11. The first-order chi connectivity index (χ1) is 11.6. The number of aromatic nitrogens is 1. The van der Waals surface area contributed by atoms with Crippen molar-refractivity contribution < 1.29 is 9.21 Å². The number of nitrogens with one attached hydrogen (secondary N) is 1. The van der Waals surface area contributed by atoms with Crippen molar-refractivity contribution in [2.75, 3.05) is 26.2 Å². The minimum absolute atomic E-state index is 0.0391. The highest BCUT2D eigenvalue weighted by Gasteiger charge is 2.09. The molecular weight excluding hydrogens is 302 g/mol. The summed E-state index contributed by atoms with van der Waals surface area (Å²) in [5.41, 5.74) is 2.21. The second-order valence-corrected chi connectivity index (χ2v) is 5.86. The fraction of sp³-hybridized carbons (Fsp3) is 0.474. The van der Waals surface area contributed by atoms with Crippen LogP contribution in [0, 0.1) is 6.92 Å². The van der Waals surface area contributed by atoms with Gasteiger partial charge in [0.05, 0.1) is 6.20 Å². The van der Waals surface area contributed by atoms with E-state index in [9.17, 15) is 4.79 Å². The van der Waals surface area contributed by atoms with E-state index in [-0.39, 0.29) is 5.91 Å². The minimum atomic E-state index is 0.0391. The third-order valence-electron chi connectivity index (χ3n) is 4.10. The fourth-order valence-corrected chi connectivity index (χ4v) is 2.48. The molecule has 130 valence electrons. The highest BCUT2D eigenvalue weighted by molar-refractivity contribution is 5.76. The van der Waals surface area contributed by atoms with Gasteiger partial charge in [0.1, 0.15) is 0 Å². The molecule has 0 atom stereocenters. The van der Waals surface area contributed by atoms with E-state index in [2.05, 4.69) is 36.0 Å². The van der Waals surface area contributed by atoms with Gasteiger partial charge in [0, 0.05) is 31.5 Å². The Morgan fingerprint density at radius 3 is 2.58 bits per heavy atom. The first-order valence-electron chi connectivity index (χ1n) is 8.63. The maximum atomic E-state index is 11.9. The number of hydrogen-bond donors (Lipinski definition) is 1. The zero-order valence-electron chi connectivity index (χ0n) is 14.8. The number of carbonyl (C=O) groups excluding carboxylic acids is 1. The zero-order chi connectivity index (χ0) is 17.4. The predicted octanol–water partition coefficient (Wildman–Crippen LogP) is 3.04. The Hall–Kier alpha value is -2.14. The van der Waals surface area contributed by atoms with Crippen molar-refractivity contribution in [2.24, 2.45) is 0 Å². The van der Waals surface area contributed by atoms with Crippen LogP contribution in [-0.2, 0) is 11.2 Å². The summed E-state index contributed by atoms with van der Waals surface area (Å²) in [6.07, 6.45) is 2.63. The normalized spacial score (nSPS) is 11.0. The van der Waals surface area contributed by atoms with Crippen LogP contribution in [0.4, 0.5) is 0 Å². The molecule has 0 aliphatic heterocycles. The van der Waals surface area contributed by atoms with Gasteiger partial charge in [0.15, 0.2) is 11.7 Å². The monoisotopic (exact) mass is 329 g/mol. The zero-order valence-corrected chi connectivity index (χ0v) is 14.8. The van der Waals surface area contributed by atoms with Crippen molar-refractivity contribution >= 4 is 5.91 Å². The van der Waals surface area contributed by atoms with Crippen molar-refractivity contribution in [3.8, 4) is 11.3 Å². The highest BCUT2D eigenvalue weighted by Crippen LogP contribution is 2.21. The number of amides is 1. The van der Waals surface area contributed by atoms with Crippen LogP contribution in [0.15, 0.2) is 34.9 Å². The molecule has 0 spiro atoms. The van der Waals surface area contributed by atoms with Gasteiger partial charge in [0.2, 0.25) is 5.91 Å². The third kappa shape index (κ3) is 5.49. The lowest BCUT2D eigenvalue weighted by molar-refractivity contribution is -0.121. The number of nitrogens with zero attached hydrogens (tertiary/aromatic N) is 2. The Balaban J connectivity index is 1.76. The number of oxazole rings is 1. The Kier molecular flexibility index (Phi) is 7.00. The summed E-state index contributed by atoms with van der Waals surface area (Å²) in [5.74, 6) is 1.38. The van der Waals surface area contributed by atoms with E-state index < -0.39 is 0 Å². The largest absolute Gasteiger partial charge is 0.441 e. The maximum absolute atomic E-state index is 11.9. The Labute approximate surface area is 144 Å². The summed E-state index contributed by atoms with van der Waals surface area (Å²) in [5, 5.41) is 2.95. The molecule has 1 heterocycles. The predicted molar refractivity (Wildman–Crippen MR) is 95.8 cm³/mol. The molecule has 0 saturated carbocycles. The molecule has 0 fully saturated rings. The topological polar surface area (TPSA) is 58.4 Å². The first-order valence-corrected chi connectivity index (χ1v) is 8.63. The van der Waals surface area contributed by atoms with E-state index in [1.165, 1.54) is 5.56 Å². The van der Waals surface area contributed by atoms with Gasteiger partial charge in [0.25, 0.3) is 0 Å². The van der Waals surface area contributed by atoms with E-state index in [0.29, 0.717) is 25.3 Å². The van der Waals surface area contributed by atoms with Gasteiger partial charge >= 0.3 is 0 Å². The molecule has 24 heavy (non-hydrogen) atoms. The highest BCUT2D eigenvalue weighted by atomic mass is 16.4. The summed E-state index contributed by atoms with van der Waals surface area (Å²) < 4.78 is 5.74. The van der Waals surface area contributed by atoms with Gasteiger partial charge in [-0.3, -0.25) is 4.79 Å². The molecule has 1 aromatic carbocycles. The number of aryl methyl sites for hydroxylation is 2. The van der Waals surface area contributed by atoms with Crippen LogP contribution in [0.25, 0.3) is 11.3 Å². The second-order valence-electron chi connectivity index (χ2n) is 5.86. The molecule has 0 saturated heterocycles. The molecule has 0 aliphatic carbocycles. The average Bonchev–Trinajstić information content (AvgIpc) is 3.06. The van der Waals surface area contributed by atoms with Gasteiger partial charge in [-0.1, -0.05) is 43.7 Å². The standard InChI is InChI=1S/C19H27N3O2/c1-4-22(5-2)13-12-20-18(23)10-11-19-21-14-17(24-19)16-8-6-15(3)7-9-16/h6-9,14H,4-5,10-13H2,1-3H3,(H,20,23).